The van der Waals surface area contributed by atoms with Crippen molar-refractivity contribution >= 4 is 11.9 Å². The van der Waals surface area contributed by atoms with Crippen LogP contribution in [0.2, 0.25) is 0 Å². The fourth-order valence-corrected chi connectivity index (χ4v) is 2.85. The molecule has 1 saturated heterocycles. The van der Waals surface area contributed by atoms with E-state index in [1.54, 1.807) is 24.0 Å². The normalized spacial score (nSPS) is 15.5. The first-order valence-electron chi connectivity index (χ1n) is 9.49. The highest BCUT2D eigenvalue weighted by Gasteiger charge is 2.28. The first kappa shape index (κ1) is 21.2. The molecule has 1 fully saturated rings. The molecule has 0 saturated carbocycles. The van der Waals surface area contributed by atoms with Crippen LogP contribution in [-0.2, 0) is 14.3 Å². The Morgan fingerprint density at radius 3 is 2.44 bits per heavy atom. The minimum Gasteiger partial charge on any atom is -0.475 e. The lowest BCUT2D eigenvalue weighted by Crippen LogP contribution is -2.40. The molecule has 1 aromatic heterocycles. The van der Waals surface area contributed by atoms with Crippen molar-refractivity contribution in [1.82, 2.24) is 9.88 Å². The van der Waals surface area contributed by atoms with Crippen molar-refractivity contribution in [3.63, 3.8) is 0 Å². The van der Waals surface area contributed by atoms with Gasteiger partial charge in [-0.1, -0.05) is 0 Å². The molecule has 0 aliphatic carbocycles. The van der Waals surface area contributed by atoms with Crippen molar-refractivity contribution in [2.45, 2.75) is 46.1 Å². The zero-order valence-corrected chi connectivity index (χ0v) is 16.7. The van der Waals surface area contributed by atoms with E-state index in [9.17, 15) is 9.59 Å². The first-order chi connectivity index (χ1) is 12.8. The van der Waals surface area contributed by atoms with Gasteiger partial charge in [0, 0.05) is 25.4 Å². The summed E-state index contributed by atoms with van der Waals surface area (Å²) >= 11 is 0. The number of piperidine rings is 1. The van der Waals surface area contributed by atoms with Crippen LogP contribution in [0.1, 0.15) is 50.9 Å². The number of carbonyl (C=O) groups excluding carboxylic acids is 2. The summed E-state index contributed by atoms with van der Waals surface area (Å²) in [7, 11) is 0. The average molecular weight is 378 g/mol. The molecule has 150 valence electrons. The van der Waals surface area contributed by atoms with Gasteiger partial charge < -0.3 is 19.1 Å². The van der Waals surface area contributed by atoms with Crippen LogP contribution in [-0.4, -0.2) is 60.3 Å². The van der Waals surface area contributed by atoms with Crippen molar-refractivity contribution in [3.8, 4) is 5.88 Å². The van der Waals surface area contributed by atoms with Crippen LogP contribution in [0.15, 0.2) is 18.3 Å². The van der Waals surface area contributed by atoms with Crippen LogP contribution >= 0.6 is 0 Å². The topological polar surface area (TPSA) is 78.0 Å². The van der Waals surface area contributed by atoms with E-state index in [-0.39, 0.29) is 23.4 Å². The minimum atomic E-state index is -0.201. The van der Waals surface area contributed by atoms with Crippen molar-refractivity contribution in [1.29, 1.82) is 0 Å². The molecule has 1 aliphatic heterocycles. The predicted molar refractivity (Wildman–Crippen MR) is 101 cm³/mol. The maximum Gasteiger partial charge on any atom is 0.309 e. The Hall–Kier alpha value is -2.15. The number of hydrogen-bond acceptors (Lipinski definition) is 6. The highest BCUT2D eigenvalue weighted by atomic mass is 16.5. The molecule has 0 radical (unpaired) electrons. The van der Waals surface area contributed by atoms with Crippen LogP contribution < -0.4 is 4.74 Å². The summed E-state index contributed by atoms with van der Waals surface area (Å²) in [6.45, 7) is 10.1. The number of ether oxygens (including phenoxy) is 3. The summed E-state index contributed by atoms with van der Waals surface area (Å²) in [5.41, 5.74) is 0.316. The molecular formula is C20H30N2O5. The minimum absolute atomic E-state index is 0.0765. The van der Waals surface area contributed by atoms with E-state index < -0.39 is 0 Å². The molecule has 0 N–H and O–H groups in total. The largest absolute Gasteiger partial charge is 0.475 e. The first-order valence-corrected chi connectivity index (χ1v) is 9.49. The Bertz CT molecular complexity index is 616. The van der Waals surface area contributed by atoms with Gasteiger partial charge in [0.1, 0.15) is 6.61 Å². The third-order valence-electron chi connectivity index (χ3n) is 4.25. The van der Waals surface area contributed by atoms with Gasteiger partial charge >= 0.3 is 5.97 Å². The number of amides is 1. The molecule has 0 spiro atoms. The van der Waals surface area contributed by atoms with Crippen LogP contribution in [0.4, 0.5) is 0 Å². The van der Waals surface area contributed by atoms with E-state index in [4.69, 9.17) is 14.2 Å². The van der Waals surface area contributed by atoms with Crippen molar-refractivity contribution in [2.24, 2.45) is 5.92 Å². The zero-order chi connectivity index (χ0) is 19.9. The second-order valence-electron chi connectivity index (χ2n) is 7.51. The third-order valence-corrected chi connectivity index (χ3v) is 4.25. The van der Waals surface area contributed by atoms with Crippen molar-refractivity contribution < 1.29 is 23.8 Å². The summed E-state index contributed by atoms with van der Waals surface area (Å²) < 4.78 is 16.2. The van der Waals surface area contributed by atoms with Gasteiger partial charge in [0.25, 0.3) is 5.91 Å². The van der Waals surface area contributed by atoms with E-state index in [2.05, 4.69) is 4.98 Å². The van der Waals surface area contributed by atoms with E-state index in [0.29, 0.717) is 57.2 Å². The number of nitrogens with zero attached hydrogens (tertiary/aromatic N) is 2. The fraction of sp³-hybridized carbons (Fsp3) is 0.650. The highest BCUT2D eigenvalue weighted by Crippen LogP contribution is 2.20. The summed E-state index contributed by atoms with van der Waals surface area (Å²) in [6.07, 6.45) is 2.79. The van der Waals surface area contributed by atoms with Crippen LogP contribution in [0.5, 0.6) is 5.88 Å². The Morgan fingerprint density at radius 2 is 1.89 bits per heavy atom. The number of aromatic nitrogens is 1. The molecule has 7 heteroatoms. The molecule has 1 aromatic rings. The Balaban J connectivity index is 1.79. The highest BCUT2D eigenvalue weighted by molar-refractivity contribution is 5.94. The molecule has 1 aliphatic rings. The van der Waals surface area contributed by atoms with Crippen molar-refractivity contribution in [3.05, 3.63) is 23.9 Å². The second kappa shape index (κ2) is 9.69. The third kappa shape index (κ3) is 6.82. The quantitative estimate of drug-likeness (QED) is 0.536. The smallest absolute Gasteiger partial charge is 0.309 e. The number of hydrogen-bond donors (Lipinski definition) is 0. The fourth-order valence-electron chi connectivity index (χ4n) is 2.85. The van der Waals surface area contributed by atoms with Gasteiger partial charge in [0.15, 0.2) is 0 Å². The number of esters is 1. The molecule has 2 heterocycles. The second-order valence-corrected chi connectivity index (χ2v) is 7.51. The van der Waals surface area contributed by atoms with Gasteiger partial charge in [-0.15, -0.1) is 0 Å². The number of pyridine rings is 1. The molecule has 0 aromatic carbocycles. The summed E-state index contributed by atoms with van der Waals surface area (Å²) in [4.78, 5) is 30.3. The van der Waals surface area contributed by atoms with Gasteiger partial charge in [0.05, 0.1) is 30.3 Å². The molecule has 7 nitrogen and oxygen atoms in total. The SMILES string of the molecule is CCOC(=O)C1CCN(C(=O)c2ccc(OCCOC(C)(C)C)nc2)CC1. The average Bonchev–Trinajstić information content (AvgIpc) is 2.65. The van der Waals surface area contributed by atoms with E-state index in [0.717, 1.165) is 0 Å². The summed E-state index contributed by atoms with van der Waals surface area (Å²) in [5, 5.41) is 0. The van der Waals surface area contributed by atoms with Gasteiger partial charge in [-0.3, -0.25) is 9.59 Å². The van der Waals surface area contributed by atoms with Crippen LogP contribution in [0, 0.1) is 5.92 Å². The van der Waals surface area contributed by atoms with E-state index in [1.807, 2.05) is 20.8 Å². The lowest BCUT2D eigenvalue weighted by molar-refractivity contribution is -0.149. The Morgan fingerprint density at radius 1 is 1.19 bits per heavy atom. The van der Waals surface area contributed by atoms with Gasteiger partial charge in [0.2, 0.25) is 5.88 Å². The maximum atomic E-state index is 12.6. The predicted octanol–water partition coefficient (Wildman–Crippen LogP) is 2.69. The van der Waals surface area contributed by atoms with Crippen molar-refractivity contribution in [2.75, 3.05) is 32.9 Å². The molecule has 27 heavy (non-hydrogen) atoms. The van der Waals surface area contributed by atoms with E-state index in [1.165, 1.54) is 6.20 Å². The summed E-state index contributed by atoms with van der Waals surface area (Å²) in [5.74, 6) is 0.110. The Labute approximate surface area is 161 Å². The number of carbonyl (C=O) groups is 2. The number of rotatable bonds is 7. The molecule has 0 bridgehead atoms. The Kier molecular flexibility index (Phi) is 7.59. The standard InChI is InChI=1S/C20H30N2O5/c1-5-25-19(24)15-8-10-22(11-9-15)18(23)16-6-7-17(21-14-16)26-12-13-27-20(2,3)4/h6-7,14-15H,5,8-13H2,1-4H3. The monoisotopic (exact) mass is 378 g/mol. The maximum absolute atomic E-state index is 12.6. The molecule has 1 amide bonds. The van der Waals surface area contributed by atoms with Gasteiger partial charge in [-0.25, -0.2) is 4.98 Å². The lowest BCUT2D eigenvalue weighted by atomic mass is 9.96. The molecule has 0 unspecified atom stereocenters. The summed E-state index contributed by atoms with van der Waals surface area (Å²) in [6, 6.07) is 3.41. The zero-order valence-electron chi connectivity index (χ0n) is 16.7. The molecule has 0 atom stereocenters. The molecule has 2 rings (SSSR count). The lowest BCUT2D eigenvalue weighted by Gasteiger charge is -2.30. The van der Waals surface area contributed by atoms with Gasteiger partial charge in [-0.2, -0.15) is 0 Å². The van der Waals surface area contributed by atoms with Crippen LogP contribution in [0.25, 0.3) is 0 Å². The van der Waals surface area contributed by atoms with Gasteiger partial charge in [-0.05, 0) is 46.6 Å². The van der Waals surface area contributed by atoms with E-state index >= 15 is 0 Å². The van der Waals surface area contributed by atoms with Crippen LogP contribution in [0.3, 0.4) is 0 Å². The number of likely N-dealkylation sites (tertiary alicyclic amines) is 1. The molecular weight excluding hydrogens is 348 g/mol.